The third-order valence-corrected chi connectivity index (χ3v) is 7.64. The summed E-state index contributed by atoms with van der Waals surface area (Å²) in [5.41, 5.74) is 4.95. The minimum Gasteiger partial charge on any atom is -0.494 e. The number of nitrogens with one attached hydrogen (secondary N) is 2. The summed E-state index contributed by atoms with van der Waals surface area (Å²) in [6.45, 7) is 3.90. The molecule has 1 aliphatic rings. The fourth-order valence-electron chi connectivity index (χ4n) is 5.15. The second kappa shape index (κ2) is 10.3. The number of para-hydroxylation sites is 1. The maximum atomic E-state index is 14.9. The van der Waals surface area contributed by atoms with Crippen LogP contribution in [0.15, 0.2) is 72.9 Å². The van der Waals surface area contributed by atoms with E-state index in [9.17, 15) is 12.8 Å². The molecule has 5 rings (SSSR count). The molecule has 11 heteroatoms. The van der Waals surface area contributed by atoms with Crippen LogP contribution < -0.4 is 19.7 Å². The number of pyridine rings is 1. The molecule has 2 atom stereocenters. The van der Waals surface area contributed by atoms with Crippen molar-refractivity contribution in [3.8, 4) is 11.4 Å². The molecule has 8 nitrogen and oxygen atoms in total. The average molecular weight is 566 g/mol. The summed E-state index contributed by atoms with van der Waals surface area (Å²) in [5.74, 6) is 0.0281. The van der Waals surface area contributed by atoms with E-state index in [4.69, 9.17) is 17.0 Å². The monoisotopic (exact) mass is 565 g/mol. The number of methoxy groups -OCH3 is 1. The Bertz CT molecular complexity index is 1660. The summed E-state index contributed by atoms with van der Waals surface area (Å²) in [6.07, 6.45) is 2.82. The van der Waals surface area contributed by atoms with Crippen LogP contribution in [-0.2, 0) is 10.0 Å². The van der Waals surface area contributed by atoms with E-state index in [2.05, 4.69) is 15.0 Å². The van der Waals surface area contributed by atoms with Gasteiger partial charge in [-0.1, -0.05) is 18.2 Å². The number of thiocarbonyl (C=S) groups is 1. The molecule has 0 radical (unpaired) electrons. The van der Waals surface area contributed by atoms with Gasteiger partial charge >= 0.3 is 0 Å². The lowest BCUT2D eigenvalue weighted by atomic mass is 9.96. The average Bonchev–Trinajstić information content (AvgIpc) is 3.39. The predicted octanol–water partition coefficient (Wildman–Crippen LogP) is 5.19. The number of rotatable bonds is 7. The molecule has 2 aromatic carbocycles. The molecular weight excluding hydrogens is 537 g/mol. The third kappa shape index (κ3) is 5.07. The number of halogens is 1. The van der Waals surface area contributed by atoms with E-state index >= 15 is 0 Å². The molecular formula is C28H28FN5O3S2. The van der Waals surface area contributed by atoms with Crippen molar-refractivity contribution in [3.63, 3.8) is 0 Å². The highest BCUT2D eigenvalue weighted by Gasteiger charge is 2.42. The van der Waals surface area contributed by atoms with Crippen LogP contribution >= 0.6 is 12.2 Å². The molecule has 39 heavy (non-hydrogen) atoms. The Morgan fingerprint density at radius 2 is 1.82 bits per heavy atom. The summed E-state index contributed by atoms with van der Waals surface area (Å²) in [6, 6.07) is 18.9. The van der Waals surface area contributed by atoms with Gasteiger partial charge in [0.2, 0.25) is 10.0 Å². The third-order valence-electron chi connectivity index (χ3n) is 6.74. The lowest BCUT2D eigenvalue weighted by Gasteiger charge is -2.29. The number of hydrogen-bond donors (Lipinski definition) is 2. The van der Waals surface area contributed by atoms with Crippen molar-refractivity contribution in [2.45, 2.75) is 25.9 Å². The van der Waals surface area contributed by atoms with Gasteiger partial charge in [-0.05, 0) is 74.1 Å². The molecule has 1 fully saturated rings. The van der Waals surface area contributed by atoms with E-state index in [1.54, 1.807) is 36.5 Å². The Labute approximate surface area is 232 Å². The Kier molecular flexibility index (Phi) is 7.04. The van der Waals surface area contributed by atoms with Crippen molar-refractivity contribution < 1.29 is 17.5 Å². The number of hydrogen-bond acceptors (Lipinski definition) is 5. The number of ether oxygens (including phenoxy) is 1. The normalized spacial score (nSPS) is 17.3. The largest absolute Gasteiger partial charge is 0.494 e. The Hall–Kier alpha value is -3.96. The molecule has 1 aliphatic heterocycles. The molecule has 0 spiro atoms. The van der Waals surface area contributed by atoms with Gasteiger partial charge in [-0.3, -0.25) is 9.71 Å². The van der Waals surface area contributed by atoms with Crippen LogP contribution in [0.1, 0.15) is 34.7 Å². The summed E-state index contributed by atoms with van der Waals surface area (Å²) in [4.78, 5) is 6.57. The second-order valence-corrected chi connectivity index (χ2v) is 11.5. The first-order valence-electron chi connectivity index (χ1n) is 12.2. The zero-order chi connectivity index (χ0) is 27.9. The van der Waals surface area contributed by atoms with Crippen molar-refractivity contribution in [1.82, 2.24) is 14.9 Å². The lowest BCUT2D eigenvalue weighted by molar-refractivity contribution is 0.417. The van der Waals surface area contributed by atoms with Crippen LogP contribution in [-0.4, -0.2) is 36.4 Å². The minimum atomic E-state index is -3.51. The molecule has 0 aliphatic carbocycles. The molecule has 2 aromatic heterocycles. The minimum absolute atomic E-state index is 0.312. The second-order valence-electron chi connectivity index (χ2n) is 9.37. The molecule has 0 saturated carbocycles. The highest BCUT2D eigenvalue weighted by Crippen LogP contribution is 2.45. The van der Waals surface area contributed by atoms with Crippen LogP contribution in [0.4, 0.5) is 15.8 Å². The highest BCUT2D eigenvalue weighted by atomic mass is 32.2. The van der Waals surface area contributed by atoms with Crippen LogP contribution in [0.2, 0.25) is 0 Å². The van der Waals surface area contributed by atoms with Gasteiger partial charge in [0.1, 0.15) is 11.6 Å². The maximum Gasteiger partial charge on any atom is 0.229 e. The van der Waals surface area contributed by atoms with Crippen LogP contribution in [0.25, 0.3) is 5.69 Å². The molecule has 0 amide bonds. The molecule has 202 valence electrons. The van der Waals surface area contributed by atoms with Crippen LogP contribution in [0.5, 0.6) is 5.75 Å². The van der Waals surface area contributed by atoms with Gasteiger partial charge in [-0.2, -0.15) is 0 Å². The van der Waals surface area contributed by atoms with Crippen molar-refractivity contribution in [3.05, 3.63) is 101 Å². The van der Waals surface area contributed by atoms with Crippen molar-refractivity contribution in [2.24, 2.45) is 0 Å². The van der Waals surface area contributed by atoms with Gasteiger partial charge in [0.25, 0.3) is 0 Å². The lowest BCUT2D eigenvalue weighted by Crippen LogP contribution is -2.29. The fourth-order valence-corrected chi connectivity index (χ4v) is 6.07. The quantitative estimate of drug-likeness (QED) is 0.298. The van der Waals surface area contributed by atoms with E-state index in [1.165, 1.54) is 13.2 Å². The first kappa shape index (κ1) is 26.6. The zero-order valence-corrected chi connectivity index (χ0v) is 23.5. The molecule has 1 saturated heterocycles. The highest BCUT2D eigenvalue weighted by molar-refractivity contribution is 7.92. The van der Waals surface area contributed by atoms with Gasteiger partial charge in [-0.15, -0.1) is 0 Å². The summed E-state index contributed by atoms with van der Waals surface area (Å²) in [5, 5.41) is 3.89. The van der Waals surface area contributed by atoms with E-state index in [-0.39, 0.29) is 17.9 Å². The number of aromatic nitrogens is 2. The van der Waals surface area contributed by atoms with Gasteiger partial charge in [0, 0.05) is 29.3 Å². The van der Waals surface area contributed by atoms with Crippen molar-refractivity contribution in [1.29, 1.82) is 0 Å². The van der Waals surface area contributed by atoms with E-state index < -0.39 is 10.0 Å². The summed E-state index contributed by atoms with van der Waals surface area (Å²) < 4.78 is 48.5. The molecule has 2 N–H and O–H groups in total. The summed E-state index contributed by atoms with van der Waals surface area (Å²) in [7, 11) is -2.04. The van der Waals surface area contributed by atoms with Gasteiger partial charge in [-0.25, -0.2) is 12.8 Å². The van der Waals surface area contributed by atoms with E-state index in [0.717, 1.165) is 28.9 Å². The van der Waals surface area contributed by atoms with E-state index in [1.807, 2.05) is 53.6 Å². The first-order chi connectivity index (χ1) is 18.6. The molecule has 0 bridgehead atoms. The fraction of sp³-hybridized carbons (Fsp3) is 0.214. The smallest absolute Gasteiger partial charge is 0.229 e. The van der Waals surface area contributed by atoms with Crippen LogP contribution in [0, 0.1) is 19.7 Å². The number of benzene rings is 2. The predicted molar refractivity (Wildman–Crippen MR) is 155 cm³/mol. The van der Waals surface area contributed by atoms with Gasteiger partial charge in [0.15, 0.2) is 5.11 Å². The SMILES string of the molecule is COc1cc(N2C(=S)N[C@@H](c3ccccn3)[C@H]2c2cc(C)n(-c3ccccc3F)c2C)ccc1NS(C)(=O)=O. The Balaban J connectivity index is 1.67. The van der Waals surface area contributed by atoms with Gasteiger partial charge in [0.05, 0.1) is 42.5 Å². The van der Waals surface area contributed by atoms with Crippen molar-refractivity contribution >= 4 is 38.7 Å². The number of nitrogens with zero attached hydrogens (tertiary/aromatic N) is 3. The first-order valence-corrected chi connectivity index (χ1v) is 14.5. The summed E-state index contributed by atoms with van der Waals surface area (Å²) >= 11 is 5.84. The number of anilines is 2. The topological polar surface area (TPSA) is 88.5 Å². The Morgan fingerprint density at radius 3 is 2.49 bits per heavy atom. The van der Waals surface area contributed by atoms with Gasteiger partial charge < -0.3 is 19.5 Å². The molecule has 0 unspecified atom stereocenters. The number of aryl methyl sites for hydroxylation is 1. The van der Waals surface area contributed by atoms with E-state index in [0.29, 0.717) is 27.9 Å². The number of sulfonamides is 1. The Morgan fingerprint density at radius 1 is 1.08 bits per heavy atom. The zero-order valence-electron chi connectivity index (χ0n) is 21.8. The molecule has 3 heterocycles. The van der Waals surface area contributed by atoms with Crippen molar-refractivity contribution in [2.75, 3.05) is 23.0 Å². The molecule has 4 aromatic rings. The van der Waals surface area contributed by atoms with Crippen LogP contribution in [0.3, 0.4) is 0 Å². The standard InChI is InChI=1S/C28H28FN5O3S2/c1-17-15-20(18(2)33(17)24-11-6-5-9-21(24)29)27-26(23-10-7-8-14-30-23)31-28(38)34(27)19-12-13-22(25(16-19)37-3)32-39(4,35)36/h5-16,26-27,32H,1-4H3,(H,31,38)/t26-,27+/m0/s1. The maximum absolute atomic E-state index is 14.9.